The summed E-state index contributed by atoms with van der Waals surface area (Å²) in [7, 11) is 0. The monoisotopic (exact) mass is 289 g/mol. The zero-order valence-electron chi connectivity index (χ0n) is 11.6. The Balaban J connectivity index is 1.66. The van der Waals surface area contributed by atoms with Crippen molar-refractivity contribution in [1.29, 1.82) is 0 Å². The maximum Gasteiger partial charge on any atom is 0.122 e. The Hall–Kier alpha value is -1.43. The highest BCUT2D eigenvalue weighted by Gasteiger charge is 2.15. The van der Waals surface area contributed by atoms with Gasteiger partial charge in [-0.2, -0.15) is 0 Å². The molecule has 2 heterocycles. The van der Waals surface area contributed by atoms with Crippen molar-refractivity contribution in [2.24, 2.45) is 5.84 Å². The minimum absolute atomic E-state index is 0.172. The van der Waals surface area contributed by atoms with Crippen LogP contribution in [0.15, 0.2) is 24.4 Å². The van der Waals surface area contributed by atoms with Crippen molar-refractivity contribution in [3.05, 3.63) is 45.4 Å². The van der Waals surface area contributed by atoms with Gasteiger partial charge in [-0.25, -0.2) is 4.98 Å². The van der Waals surface area contributed by atoms with E-state index in [1.54, 1.807) is 11.3 Å². The van der Waals surface area contributed by atoms with Crippen LogP contribution >= 0.6 is 11.3 Å². The number of aryl methyl sites for hydroxylation is 2. The topological polar surface area (TPSA) is 60.2 Å². The lowest BCUT2D eigenvalue weighted by Crippen LogP contribution is -2.27. The van der Waals surface area contributed by atoms with E-state index in [1.165, 1.54) is 16.0 Å². The molecule has 0 radical (unpaired) electrons. The Bertz CT molecular complexity index is 597. The molecule has 1 aromatic carbocycles. The van der Waals surface area contributed by atoms with Crippen molar-refractivity contribution in [3.63, 3.8) is 0 Å². The van der Waals surface area contributed by atoms with Gasteiger partial charge in [0.05, 0.1) is 17.7 Å². The predicted molar refractivity (Wildman–Crippen MR) is 80.9 cm³/mol. The first-order valence-electron chi connectivity index (χ1n) is 6.89. The lowest BCUT2D eigenvalue weighted by molar-refractivity contribution is 0.357. The Morgan fingerprint density at radius 1 is 1.50 bits per heavy atom. The average Bonchev–Trinajstić information content (AvgIpc) is 3.08. The molecule has 5 heteroatoms. The Kier molecular flexibility index (Phi) is 4.00. The van der Waals surface area contributed by atoms with Crippen LogP contribution in [0.5, 0.6) is 5.75 Å². The van der Waals surface area contributed by atoms with E-state index in [2.05, 4.69) is 28.6 Å². The molecule has 3 N–H and O–H groups in total. The second-order valence-corrected chi connectivity index (χ2v) is 6.35. The molecule has 0 fully saturated rings. The number of nitrogens with zero attached hydrogens (tertiary/aromatic N) is 1. The van der Waals surface area contributed by atoms with E-state index in [0.717, 1.165) is 36.6 Å². The number of benzene rings is 1. The molecule has 0 saturated carbocycles. The van der Waals surface area contributed by atoms with Gasteiger partial charge in [-0.1, -0.05) is 12.1 Å². The van der Waals surface area contributed by atoms with Gasteiger partial charge in [-0.15, -0.1) is 11.3 Å². The Morgan fingerprint density at radius 2 is 2.40 bits per heavy atom. The van der Waals surface area contributed by atoms with Crippen molar-refractivity contribution >= 4 is 11.3 Å². The quantitative estimate of drug-likeness (QED) is 0.656. The van der Waals surface area contributed by atoms with E-state index in [0.29, 0.717) is 0 Å². The average molecular weight is 289 g/mol. The fourth-order valence-corrected chi connectivity index (χ4v) is 3.43. The zero-order chi connectivity index (χ0) is 13.9. The van der Waals surface area contributed by atoms with E-state index in [1.807, 2.05) is 13.1 Å². The number of ether oxygens (including phenoxy) is 1. The van der Waals surface area contributed by atoms with Gasteiger partial charge in [0.1, 0.15) is 5.75 Å². The number of aromatic nitrogens is 1. The summed E-state index contributed by atoms with van der Waals surface area (Å²) in [5, 5.41) is 1.08. The summed E-state index contributed by atoms with van der Waals surface area (Å²) in [5.74, 6) is 6.72. The highest BCUT2D eigenvalue weighted by molar-refractivity contribution is 7.11. The van der Waals surface area contributed by atoms with Crippen LogP contribution in [0.4, 0.5) is 0 Å². The molecule has 1 unspecified atom stereocenters. The van der Waals surface area contributed by atoms with Crippen LogP contribution in [0.2, 0.25) is 0 Å². The fourth-order valence-electron chi connectivity index (χ4n) is 2.55. The summed E-state index contributed by atoms with van der Waals surface area (Å²) in [6.45, 7) is 2.83. The Labute approximate surface area is 123 Å². The highest BCUT2D eigenvalue weighted by atomic mass is 32.1. The largest absolute Gasteiger partial charge is 0.493 e. The maximum absolute atomic E-state index is 5.68. The van der Waals surface area contributed by atoms with Crippen LogP contribution in [-0.4, -0.2) is 11.6 Å². The number of nitrogens with two attached hydrogens (primary N) is 1. The van der Waals surface area contributed by atoms with E-state index >= 15 is 0 Å². The number of thiazole rings is 1. The van der Waals surface area contributed by atoms with Crippen molar-refractivity contribution in [2.75, 3.05) is 6.61 Å². The first-order chi connectivity index (χ1) is 9.76. The molecule has 106 valence electrons. The minimum atomic E-state index is 0.172. The highest BCUT2D eigenvalue weighted by Crippen LogP contribution is 2.28. The van der Waals surface area contributed by atoms with Gasteiger partial charge in [-0.3, -0.25) is 11.3 Å². The molecule has 1 aliphatic heterocycles. The van der Waals surface area contributed by atoms with Crippen LogP contribution in [0, 0.1) is 6.92 Å². The van der Waals surface area contributed by atoms with E-state index < -0.39 is 0 Å². The molecule has 0 spiro atoms. The molecule has 0 bridgehead atoms. The predicted octanol–water partition coefficient (Wildman–Crippen LogP) is 2.52. The fraction of sp³-hybridized carbons (Fsp3) is 0.400. The molecule has 1 aliphatic rings. The minimum Gasteiger partial charge on any atom is -0.493 e. The third-order valence-electron chi connectivity index (χ3n) is 3.66. The van der Waals surface area contributed by atoms with Gasteiger partial charge < -0.3 is 4.74 Å². The van der Waals surface area contributed by atoms with E-state index in [9.17, 15) is 0 Å². The molecule has 0 saturated heterocycles. The summed E-state index contributed by atoms with van der Waals surface area (Å²) in [6.07, 6.45) is 4.91. The zero-order valence-corrected chi connectivity index (χ0v) is 12.4. The first kappa shape index (κ1) is 13.5. The Morgan fingerprint density at radius 3 is 3.15 bits per heavy atom. The van der Waals surface area contributed by atoms with Gasteiger partial charge in [0.15, 0.2) is 0 Å². The molecular weight excluding hydrogens is 270 g/mol. The lowest BCUT2D eigenvalue weighted by atomic mass is 10.0. The van der Waals surface area contributed by atoms with Crippen molar-refractivity contribution in [2.45, 2.75) is 32.2 Å². The first-order valence-corrected chi connectivity index (χ1v) is 7.71. The van der Waals surface area contributed by atoms with Crippen LogP contribution in [0.1, 0.15) is 33.5 Å². The van der Waals surface area contributed by atoms with Crippen molar-refractivity contribution < 1.29 is 4.74 Å². The molecule has 1 aromatic heterocycles. The van der Waals surface area contributed by atoms with Gasteiger partial charge in [0.2, 0.25) is 0 Å². The number of fused-ring (bicyclic) bond motifs is 1. The molecule has 0 amide bonds. The van der Waals surface area contributed by atoms with Crippen LogP contribution in [-0.2, 0) is 12.8 Å². The van der Waals surface area contributed by atoms with E-state index in [-0.39, 0.29) is 6.04 Å². The van der Waals surface area contributed by atoms with Gasteiger partial charge in [-0.05, 0) is 37.0 Å². The van der Waals surface area contributed by atoms with Crippen molar-refractivity contribution in [3.8, 4) is 5.75 Å². The number of hydrazine groups is 1. The number of nitrogens with one attached hydrogen (secondary N) is 1. The normalized spacial score (nSPS) is 14.9. The van der Waals surface area contributed by atoms with Crippen LogP contribution in [0.3, 0.4) is 0 Å². The summed E-state index contributed by atoms with van der Waals surface area (Å²) in [6, 6.07) is 6.66. The molecule has 2 aromatic rings. The number of hydrogen-bond acceptors (Lipinski definition) is 5. The number of rotatable bonds is 5. The standard InChI is InChI=1S/C15H19N3OS/c1-10-17-9-15(20-10)13(18-16)4-2-11-3-5-14-12(8-11)6-7-19-14/h3,5,8-9,13,18H,2,4,6-7,16H2,1H3. The second-order valence-electron chi connectivity index (χ2n) is 5.08. The summed E-state index contributed by atoms with van der Waals surface area (Å²) < 4.78 is 5.53. The lowest BCUT2D eigenvalue weighted by Gasteiger charge is -2.13. The molecule has 4 nitrogen and oxygen atoms in total. The summed E-state index contributed by atoms with van der Waals surface area (Å²) in [4.78, 5) is 5.50. The third-order valence-corrected chi connectivity index (χ3v) is 4.69. The van der Waals surface area contributed by atoms with Gasteiger partial charge in [0, 0.05) is 17.5 Å². The SMILES string of the molecule is Cc1ncc(C(CCc2ccc3c(c2)CCO3)NN)s1. The number of hydrogen-bond donors (Lipinski definition) is 2. The molecule has 1 atom stereocenters. The maximum atomic E-state index is 5.68. The van der Waals surface area contributed by atoms with E-state index in [4.69, 9.17) is 10.6 Å². The molecule has 0 aliphatic carbocycles. The summed E-state index contributed by atoms with van der Waals surface area (Å²) >= 11 is 1.70. The van der Waals surface area contributed by atoms with Gasteiger partial charge >= 0.3 is 0 Å². The molecule has 3 rings (SSSR count). The third kappa shape index (κ3) is 2.85. The smallest absolute Gasteiger partial charge is 0.122 e. The molecular formula is C15H19N3OS. The van der Waals surface area contributed by atoms with Gasteiger partial charge in [0.25, 0.3) is 0 Å². The van der Waals surface area contributed by atoms with Crippen molar-refractivity contribution in [1.82, 2.24) is 10.4 Å². The summed E-state index contributed by atoms with van der Waals surface area (Å²) in [5.41, 5.74) is 5.57. The van der Waals surface area contributed by atoms with Crippen LogP contribution < -0.4 is 16.0 Å². The van der Waals surface area contributed by atoms with Crippen LogP contribution in [0.25, 0.3) is 0 Å². The second kappa shape index (κ2) is 5.91. The molecule has 20 heavy (non-hydrogen) atoms.